The molecule has 0 aromatic heterocycles. The van der Waals surface area contributed by atoms with E-state index in [1.807, 2.05) is 6.92 Å². The second-order valence-electron chi connectivity index (χ2n) is 5.50. The number of nitrogens with zero attached hydrogens (tertiary/aromatic N) is 1. The van der Waals surface area contributed by atoms with Gasteiger partial charge in [0.05, 0.1) is 6.42 Å². The fourth-order valence-corrected chi connectivity index (χ4v) is 2.32. The summed E-state index contributed by atoms with van der Waals surface area (Å²) in [4.78, 5) is 4.41. The van der Waals surface area contributed by atoms with Crippen molar-refractivity contribution in [3.05, 3.63) is 0 Å². The van der Waals surface area contributed by atoms with Crippen molar-refractivity contribution in [2.24, 2.45) is 10.4 Å². The number of rotatable bonds is 5. The lowest BCUT2D eigenvalue weighted by Crippen LogP contribution is -2.39. The van der Waals surface area contributed by atoms with Gasteiger partial charge in [0.1, 0.15) is 0 Å². The van der Waals surface area contributed by atoms with Crippen LogP contribution in [0.25, 0.3) is 0 Å². The first kappa shape index (κ1) is 19.8. The Morgan fingerprint density at radius 1 is 1.20 bits per heavy atom. The van der Waals surface area contributed by atoms with Crippen LogP contribution in [-0.4, -0.2) is 31.8 Å². The topological polar surface area (TPSA) is 36.4 Å². The Balaban J connectivity index is 0.00000361. The summed E-state index contributed by atoms with van der Waals surface area (Å²) in [6.07, 6.45) is -0.207. The Bertz CT molecular complexity index is 300. The molecule has 0 spiro atoms. The zero-order valence-corrected chi connectivity index (χ0v) is 14.5. The van der Waals surface area contributed by atoms with Crippen molar-refractivity contribution >= 4 is 29.9 Å². The second-order valence-corrected chi connectivity index (χ2v) is 5.50. The number of guanidine groups is 1. The van der Waals surface area contributed by atoms with Crippen LogP contribution >= 0.6 is 24.0 Å². The Morgan fingerprint density at radius 3 is 2.30 bits per heavy atom. The zero-order valence-electron chi connectivity index (χ0n) is 12.1. The molecule has 0 bridgehead atoms. The lowest BCUT2D eigenvalue weighted by molar-refractivity contribution is -0.132. The van der Waals surface area contributed by atoms with Gasteiger partial charge in [-0.2, -0.15) is 13.2 Å². The standard InChI is InChI=1S/C13H24F3N3.HI/c1-3-17-11(18-9-8-13(14,15)16)19-10-12(2)6-4-5-7-12;/h3-10H2,1-2H3,(H2,17,18,19);1H. The highest BCUT2D eigenvalue weighted by atomic mass is 127. The number of nitrogens with one attached hydrogen (secondary N) is 2. The molecule has 1 fully saturated rings. The maximum atomic E-state index is 12.1. The molecule has 0 unspecified atom stereocenters. The molecule has 2 N–H and O–H groups in total. The van der Waals surface area contributed by atoms with Gasteiger partial charge in [-0.05, 0) is 25.2 Å². The fourth-order valence-electron chi connectivity index (χ4n) is 2.32. The van der Waals surface area contributed by atoms with Crippen LogP contribution in [-0.2, 0) is 0 Å². The maximum Gasteiger partial charge on any atom is 0.390 e. The van der Waals surface area contributed by atoms with Crippen molar-refractivity contribution in [3.63, 3.8) is 0 Å². The quantitative estimate of drug-likeness (QED) is 0.415. The third-order valence-electron chi connectivity index (χ3n) is 3.47. The van der Waals surface area contributed by atoms with E-state index in [4.69, 9.17) is 0 Å². The third-order valence-corrected chi connectivity index (χ3v) is 3.47. The first-order chi connectivity index (χ1) is 8.85. The van der Waals surface area contributed by atoms with Crippen molar-refractivity contribution in [1.29, 1.82) is 0 Å². The maximum absolute atomic E-state index is 12.1. The molecular weight excluding hydrogens is 382 g/mol. The summed E-state index contributed by atoms with van der Waals surface area (Å²) >= 11 is 0. The first-order valence-corrected chi connectivity index (χ1v) is 6.94. The van der Waals surface area contributed by atoms with E-state index in [1.54, 1.807) is 0 Å². The van der Waals surface area contributed by atoms with Crippen molar-refractivity contribution in [3.8, 4) is 0 Å². The van der Waals surface area contributed by atoms with E-state index < -0.39 is 12.6 Å². The predicted molar refractivity (Wildman–Crippen MR) is 86.6 cm³/mol. The molecule has 7 heteroatoms. The van der Waals surface area contributed by atoms with Gasteiger partial charge in [0.15, 0.2) is 5.96 Å². The Labute approximate surface area is 136 Å². The monoisotopic (exact) mass is 407 g/mol. The van der Waals surface area contributed by atoms with Crippen LogP contribution < -0.4 is 10.6 Å². The van der Waals surface area contributed by atoms with Crippen LogP contribution in [0.3, 0.4) is 0 Å². The van der Waals surface area contributed by atoms with Crippen LogP contribution in [0, 0.1) is 5.41 Å². The van der Waals surface area contributed by atoms with Crippen molar-refractivity contribution in [2.45, 2.75) is 52.1 Å². The number of halogens is 4. The van der Waals surface area contributed by atoms with E-state index in [9.17, 15) is 13.2 Å². The predicted octanol–water partition coefficient (Wildman–Crippen LogP) is 3.69. The van der Waals surface area contributed by atoms with E-state index in [-0.39, 0.29) is 35.9 Å². The Morgan fingerprint density at radius 2 is 1.80 bits per heavy atom. The molecule has 0 radical (unpaired) electrons. The summed E-state index contributed by atoms with van der Waals surface area (Å²) in [5.41, 5.74) is 0.215. The van der Waals surface area contributed by atoms with Gasteiger partial charge in [0.2, 0.25) is 0 Å². The van der Waals surface area contributed by atoms with Gasteiger partial charge in [-0.1, -0.05) is 19.8 Å². The fraction of sp³-hybridized carbons (Fsp3) is 0.923. The molecule has 0 heterocycles. The van der Waals surface area contributed by atoms with Crippen molar-refractivity contribution < 1.29 is 13.2 Å². The highest BCUT2D eigenvalue weighted by Gasteiger charge is 2.28. The number of hydrogen-bond donors (Lipinski definition) is 2. The molecule has 0 aromatic carbocycles. The van der Waals surface area contributed by atoms with Crippen molar-refractivity contribution in [1.82, 2.24) is 10.6 Å². The van der Waals surface area contributed by atoms with Crippen LogP contribution in [0.1, 0.15) is 46.0 Å². The molecule has 0 saturated heterocycles. The minimum absolute atomic E-state index is 0. The molecule has 1 aliphatic rings. The number of hydrogen-bond acceptors (Lipinski definition) is 1. The molecule has 1 aliphatic carbocycles. The molecule has 0 atom stereocenters. The van der Waals surface area contributed by atoms with E-state index in [0.29, 0.717) is 19.0 Å². The van der Waals surface area contributed by atoms with E-state index >= 15 is 0 Å². The summed E-state index contributed by atoms with van der Waals surface area (Å²) < 4.78 is 36.3. The normalized spacial score (nSPS) is 18.6. The molecule has 3 nitrogen and oxygen atoms in total. The molecule has 1 saturated carbocycles. The summed E-state index contributed by atoms with van der Waals surface area (Å²) in [6.45, 7) is 5.29. The van der Waals surface area contributed by atoms with Gasteiger partial charge < -0.3 is 10.6 Å². The largest absolute Gasteiger partial charge is 0.390 e. The van der Waals surface area contributed by atoms with Gasteiger partial charge in [-0.15, -0.1) is 24.0 Å². The van der Waals surface area contributed by atoms with Crippen LogP contribution in [0.15, 0.2) is 4.99 Å². The highest BCUT2D eigenvalue weighted by Crippen LogP contribution is 2.37. The van der Waals surface area contributed by atoms with Crippen LogP contribution in [0.5, 0.6) is 0 Å². The molecule has 20 heavy (non-hydrogen) atoms. The van der Waals surface area contributed by atoms with Crippen LogP contribution in [0.2, 0.25) is 0 Å². The van der Waals surface area contributed by atoms with Gasteiger partial charge in [0.25, 0.3) is 0 Å². The summed E-state index contributed by atoms with van der Waals surface area (Å²) in [7, 11) is 0. The zero-order chi connectivity index (χ0) is 14.4. The summed E-state index contributed by atoms with van der Waals surface area (Å²) in [5, 5.41) is 5.72. The van der Waals surface area contributed by atoms with Crippen molar-refractivity contribution in [2.75, 3.05) is 19.6 Å². The SMILES string of the molecule is CCNC(=NCC1(C)CCCC1)NCCC(F)(F)F.I. The van der Waals surface area contributed by atoms with E-state index in [1.165, 1.54) is 12.8 Å². The van der Waals surface area contributed by atoms with Gasteiger partial charge in [-0.25, -0.2) is 0 Å². The Kier molecular flexibility index (Phi) is 8.85. The highest BCUT2D eigenvalue weighted by molar-refractivity contribution is 14.0. The number of aliphatic imine (C=N–C) groups is 1. The van der Waals surface area contributed by atoms with Gasteiger partial charge in [0, 0.05) is 19.6 Å². The lowest BCUT2D eigenvalue weighted by atomic mass is 9.89. The van der Waals surface area contributed by atoms with Crippen LogP contribution in [0.4, 0.5) is 13.2 Å². The summed E-state index contributed by atoms with van der Waals surface area (Å²) in [5.74, 6) is 0.486. The minimum atomic E-state index is -4.12. The second kappa shape index (κ2) is 8.94. The van der Waals surface area contributed by atoms with E-state index in [0.717, 1.165) is 12.8 Å². The summed E-state index contributed by atoms with van der Waals surface area (Å²) in [6, 6.07) is 0. The number of alkyl halides is 3. The first-order valence-electron chi connectivity index (χ1n) is 6.94. The molecule has 0 aromatic rings. The van der Waals surface area contributed by atoms with Gasteiger partial charge in [-0.3, -0.25) is 4.99 Å². The van der Waals surface area contributed by atoms with Gasteiger partial charge >= 0.3 is 6.18 Å². The molecule has 0 amide bonds. The smallest absolute Gasteiger partial charge is 0.357 e. The average molecular weight is 407 g/mol. The average Bonchev–Trinajstić information content (AvgIpc) is 2.72. The molecule has 120 valence electrons. The van der Waals surface area contributed by atoms with E-state index in [2.05, 4.69) is 22.5 Å². The molecular formula is C13H25F3IN3. The molecule has 1 rings (SSSR count). The third kappa shape index (κ3) is 8.16. The lowest BCUT2D eigenvalue weighted by Gasteiger charge is -2.21. The Hall–Kier alpha value is -0.210. The minimum Gasteiger partial charge on any atom is -0.357 e. The molecule has 0 aliphatic heterocycles.